The normalized spacial score (nSPS) is 24.4. The minimum absolute atomic E-state index is 0.620. The van der Waals surface area contributed by atoms with Crippen molar-refractivity contribution in [2.24, 2.45) is 5.92 Å². The zero-order valence-corrected chi connectivity index (χ0v) is 14.0. The highest BCUT2D eigenvalue weighted by Gasteiger charge is 2.22. The number of hydrogen-bond acceptors (Lipinski definition) is 2. The van der Waals surface area contributed by atoms with Crippen LogP contribution in [-0.2, 0) is 6.42 Å². The molecule has 3 rings (SSSR count). The number of thiophene rings is 1. The Labute approximate surface area is 129 Å². The van der Waals surface area contributed by atoms with E-state index in [1.807, 2.05) is 11.3 Å². The van der Waals surface area contributed by atoms with Crippen LogP contribution in [0.15, 0.2) is 9.85 Å². The van der Waals surface area contributed by atoms with Crippen LogP contribution in [0.1, 0.15) is 67.8 Å². The Morgan fingerprint density at radius 2 is 2.00 bits per heavy atom. The summed E-state index contributed by atoms with van der Waals surface area (Å²) in [6.45, 7) is 1.21. The molecule has 0 amide bonds. The second-order valence-corrected chi connectivity index (χ2v) is 8.64. The zero-order valence-electron chi connectivity index (χ0n) is 11.6. The number of hydrogen-bond donors (Lipinski definition) is 1. The van der Waals surface area contributed by atoms with Gasteiger partial charge in [-0.3, -0.25) is 0 Å². The third-order valence-corrected chi connectivity index (χ3v) is 6.47. The van der Waals surface area contributed by atoms with Crippen molar-refractivity contribution in [3.8, 4) is 0 Å². The summed E-state index contributed by atoms with van der Waals surface area (Å²) in [4.78, 5) is 1.60. The van der Waals surface area contributed by atoms with Crippen LogP contribution >= 0.6 is 27.3 Å². The van der Waals surface area contributed by atoms with E-state index < -0.39 is 0 Å². The highest BCUT2D eigenvalue weighted by Crippen LogP contribution is 2.38. The number of aryl methyl sites for hydroxylation is 1. The van der Waals surface area contributed by atoms with Crippen LogP contribution in [0.4, 0.5) is 0 Å². The topological polar surface area (TPSA) is 12.0 Å². The highest BCUT2D eigenvalue weighted by atomic mass is 79.9. The van der Waals surface area contributed by atoms with E-state index in [-0.39, 0.29) is 0 Å². The molecule has 0 bridgehead atoms. The van der Waals surface area contributed by atoms with Crippen molar-refractivity contribution in [2.45, 2.75) is 63.8 Å². The van der Waals surface area contributed by atoms with Gasteiger partial charge >= 0.3 is 0 Å². The lowest BCUT2D eigenvalue weighted by Gasteiger charge is -2.26. The summed E-state index contributed by atoms with van der Waals surface area (Å²) in [5.74, 6) is 0.999. The van der Waals surface area contributed by atoms with Crippen molar-refractivity contribution in [1.82, 2.24) is 5.32 Å². The lowest BCUT2D eigenvalue weighted by Crippen LogP contribution is -2.26. The van der Waals surface area contributed by atoms with Gasteiger partial charge in [-0.15, -0.1) is 11.3 Å². The number of halogens is 1. The summed E-state index contributed by atoms with van der Waals surface area (Å²) >= 11 is 5.57. The third-order valence-electron chi connectivity index (χ3n) is 4.75. The average molecular weight is 342 g/mol. The van der Waals surface area contributed by atoms with Crippen LogP contribution in [0.2, 0.25) is 0 Å². The number of fused-ring (bicyclic) bond motifs is 1. The molecule has 0 radical (unpaired) electrons. The molecule has 1 heterocycles. The first-order valence-electron chi connectivity index (χ1n) is 7.84. The summed E-state index contributed by atoms with van der Waals surface area (Å²) < 4.78 is 1.30. The number of nitrogens with one attached hydrogen (secondary N) is 1. The van der Waals surface area contributed by atoms with Gasteiger partial charge in [-0.05, 0) is 65.7 Å². The van der Waals surface area contributed by atoms with Crippen LogP contribution in [-0.4, -0.2) is 6.54 Å². The molecule has 1 N–H and O–H groups in total. The van der Waals surface area contributed by atoms with E-state index in [0.717, 1.165) is 5.92 Å². The standard InChI is InChI=1S/C16H24BrNS/c17-16-11-13-14(7-4-8-15(13)19-16)18-10-9-12-5-2-1-3-6-12/h11-12,14,18H,1-10H2. The molecule has 2 aliphatic rings. The number of rotatable bonds is 4. The second kappa shape index (κ2) is 6.73. The van der Waals surface area contributed by atoms with Gasteiger partial charge in [0.05, 0.1) is 3.79 Å². The summed E-state index contributed by atoms with van der Waals surface area (Å²) in [6.07, 6.45) is 12.7. The van der Waals surface area contributed by atoms with Gasteiger partial charge in [0, 0.05) is 10.9 Å². The van der Waals surface area contributed by atoms with E-state index >= 15 is 0 Å². The molecule has 106 valence electrons. The molecule has 19 heavy (non-hydrogen) atoms. The Balaban J connectivity index is 1.50. The van der Waals surface area contributed by atoms with E-state index in [0.29, 0.717) is 6.04 Å². The predicted octanol–water partition coefficient (Wildman–Crippen LogP) is 5.45. The van der Waals surface area contributed by atoms with Crippen molar-refractivity contribution in [3.05, 3.63) is 20.3 Å². The van der Waals surface area contributed by atoms with Gasteiger partial charge < -0.3 is 5.32 Å². The molecule has 1 aromatic heterocycles. The molecule has 1 unspecified atom stereocenters. The molecule has 1 aromatic rings. The lowest BCUT2D eigenvalue weighted by atomic mass is 9.87. The first kappa shape index (κ1) is 14.1. The Morgan fingerprint density at radius 3 is 2.84 bits per heavy atom. The minimum Gasteiger partial charge on any atom is -0.310 e. The second-order valence-electron chi connectivity index (χ2n) is 6.12. The van der Waals surface area contributed by atoms with E-state index in [2.05, 4.69) is 27.3 Å². The van der Waals surface area contributed by atoms with Crippen LogP contribution < -0.4 is 5.32 Å². The maximum absolute atomic E-state index is 3.82. The maximum Gasteiger partial charge on any atom is 0.0704 e. The zero-order chi connectivity index (χ0) is 13.1. The lowest BCUT2D eigenvalue weighted by molar-refractivity contribution is 0.324. The largest absolute Gasteiger partial charge is 0.310 e. The van der Waals surface area contributed by atoms with Gasteiger partial charge in [-0.25, -0.2) is 0 Å². The maximum atomic E-state index is 3.82. The molecular formula is C16H24BrNS. The van der Waals surface area contributed by atoms with Crippen molar-refractivity contribution in [3.63, 3.8) is 0 Å². The fourth-order valence-corrected chi connectivity index (χ4v) is 5.49. The molecular weight excluding hydrogens is 318 g/mol. The van der Waals surface area contributed by atoms with Gasteiger partial charge in [-0.2, -0.15) is 0 Å². The van der Waals surface area contributed by atoms with Crippen LogP contribution in [0.25, 0.3) is 0 Å². The van der Waals surface area contributed by atoms with Crippen LogP contribution in [0, 0.1) is 5.92 Å². The molecule has 0 saturated heterocycles. The molecule has 0 aromatic carbocycles. The first-order chi connectivity index (χ1) is 9.33. The van der Waals surface area contributed by atoms with E-state index in [4.69, 9.17) is 0 Å². The molecule has 1 fully saturated rings. The summed E-state index contributed by atoms with van der Waals surface area (Å²) in [5.41, 5.74) is 1.58. The van der Waals surface area contributed by atoms with E-state index in [9.17, 15) is 0 Å². The van der Waals surface area contributed by atoms with Gasteiger partial charge in [0.15, 0.2) is 0 Å². The predicted molar refractivity (Wildman–Crippen MR) is 86.9 cm³/mol. The fourth-order valence-electron chi connectivity index (χ4n) is 3.67. The summed E-state index contributed by atoms with van der Waals surface area (Å²) in [6, 6.07) is 2.96. The highest BCUT2D eigenvalue weighted by molar-refractivity contribution is 9.11. The first-order valence-corrected chi connectivity index (χ1v) is 9.45. The van der Waals surface area contributed by atoms with Crippen molar-refractivity contribution < 1.29 is 0 Å². The van der Waals surface area contributed by atoms with Gasteiger partial charge in [-0.1, -0.05) is 32.1 Å². The average Bonchev–Trinajstić information content (AvgIpc) is 2.81. The van der Waals surface area contributed by atoms with Gasteiger partial charge in [0.25, 0.3) is 0 Å². The molecule has 1 atom stereocenters. The molecule has 0 spiro atoms. The monoisotopic (exact) mass is 341 g/mol. The van der Waals surface area contributed by atoms with Crippen LogP contribution in [0.5, 0.6) is 0 Å². The SMILES string of the molecule is Brc1cc2c(s1)CCCC2NCCC1CCCCC1. The Bertz CT molecular complexity index is 409. The fraction of sp³-hybridized carbons (Fsp3) is 0.750. The van der Waals surface area contributed by atoms with Crippen molar-refractivity contribution >= 4 is 27.3 Å². The van der Waals surface area contributed by atoms with Crippen LogP contribution in [0.3, 0.4) is 0 Å². The van der Waals surface area contributed by atoms with Gasteiger partial charge in [0.1, 0.15) is 0 Å². The Kier molecular flexibility index (Phi) is 4.99. The Morgan fingerprint density at radius 1 is 1.16 bits per heavy atom. The third kappa shape index (κ3) is 3.62. The quantitative estimate of drug-likeness (QED) is 0.767. The van der Waals surface area contributed by atoms with Crippen molar-refractivity contribution in [2.75, 3.05) is 6.54 Å². The van der Waals surface area contributed by atoms with E-state index in [1.54, 1.807) is 10.4 Å². The minimum atomic E-state index is 0.620. The van der Waals surface area contributed by atoms with E-state index in [1.165, 1.54) is 68.1 Å². The Hall–Kier alpha value is 0.140. The molecule has 1 saturated carbocycles. The summed E-state index contributed by atoms with van der Waals surface area (Å²) in [5, 5.41) is 3.82. The summed E-state index contributed by atoms with van der Waals surface area (Å²) in [7, 11) is 0. The molecule has 0 aliphatic heterocycles. The molecule has 3 heteroatoms. The van der Waals surface area contributed by atoms with Gasteiger partial charge in [0.2, 0.25) is 0 Å². The smallest absolute Gasteiger partial charge is 0.0704 e. The van der Waals surface area contributed by atoms with Crippen molar-refractivity contribution in [1.29, 1.82) is 0 Å². The molecule has 2 aliphatic carbocycles. The molecule has 1 nitrogen and oxygen atoms in total.